The smallest absolute Gasteiger partial charge is 0.251 e. The molecule has 2 aromatic carbocycles. The second kappa shape index (κ2) is 10.8. The van der Waals surface area contributed by atoms with Crippen LogP contribution in [-0.4, -0.2) is 40.2 Å². The lowest BCUT2D eigenvalue weighted by molar-refractivity contribution is -0.121. The van der Waals surface area contributed by atoms with Crippen LogP contribution in [0.4, 0.5) is 0 Å². The molecule has 0 aliphatic carbocycles. The zero-order valence-electron chi connectivity index (χ0n) is 16.5. The third-order valence-electron chi connectivity index (χ3n) is 4.35. The number of nitrogens with zero attached hydrogens (tertiary/aromatic N) is 2. The number of aryl methyl sites for hydroxylation is 1. The number of nitrogens with one attached hydrogen (secondary N) is 2. The molecule has 0 saturated heterocycles. The number of aromatic nitrogens is 2. The molecule has 3 N–H and O–H groups in total. The van der Waals surface area contributed by atoms with E-state index in [4.69, 9.17) is 4.42 Å². The van der Waals surface area contributed by atoms with Gasteiger partial charge >= 0.3 is 0 Å². The van der Waals surface area contributed by atoms with Gasteiger partial charge in [-0.3, -0.25) is 9.59 Å². The first kappa shape index (κ1) is 21.0. The molecule has 1 aromatic heterocycles. The number of phenols is 1. The van der Waals surface area contributed by atoms with Gasteiger partial charge in [0, 0.05) is 37.1 Å². The molecule has 3 aromatic rings. The Morgan fingerprint density at radius 3 is 2.53 bits per heavy atom. The van der Waals surface area contributed by atoms with Gasteiger partial charge in [0.25, 0.3) is 5.91 Å². The number of amides is 2. The molecule has 1 heterocycles. The van der Waals surface area contributed by atoms with E-state index in [1.807, 2.05) is 30.3 Å². The molecule has 0 spiro atoms. The summed E-state index contributed by atoms with van der Waals surface area (Å²) in [6.45, 7) is 0.900. The maximum absolute atomic E-state index is 11.9. The van der Waals surface area contributed by atoms with E-state index in [-0.39, 0.29) is 17.6 Å². The highest BCUT2D eigenvalue weighted by molar-refractivity contribution is 5.94. The molecule has 8 nitrogen and oxygen atoms in total. The lowest BCUT2D eigenvalue weighted by Gasteiger charge is -2.07. The van der Waals surface area contributed by atoms with Crippen LogP contribution < -0.4 is 10.6 Å². The molecule has 2 amide bonds. The van der Waals surface area contributed by atoms with Gasteiger partial charge in [-0.05, 0) is 43.2 Å². The van der Waals surface area contributed by atoms with Crippen molar-refractivity contribution < 1.29 is 19.1 Å². The van der Waals surface area contributed by atoms with Crippen molar-refractivity contribution in [2.45, 2.75) is 25.7 Å². The highest BCUT2D eigenvalue weighted by atomic mass is 16.4. The second-order valence-corrected chi connectivity index (χ2v) is 6.73. The number of phenolic OH excluding ortho intramolecular Hbond substituents is 1. The molecule has 0 aliphatic heterocycles. The van der Waals surface area contributed by atoms with E-state index in [9.17, 15) is 14.7 Å². The molecule has 0 saturated carbocycles. The van der Waals surface area contributed by atoms with Crippen LogP contribution in [0.1, 0.15) is 35.5 Å². The van der Waals surface area contributed by atoms with Gasteiger partial charge in [-0.2, -0.15) is 0 Å². The summed E-state index contributed by atoms with van der Waals surface area (Å²) in [5.41, 5.74) is 1.26. The van der Waals surface area contributed by atoms with E-state index in [1.165, 1.54) is 12.1 Å². The summed E-state index contributed by atoms with van der Waals surface area (Å²) in [6, 6.07) is 15.7. The molecular formula is C22H24N4O4. The Morgan fingerprint density at radius 1 is 0.933 bits per heavy atom. The molecule has 30 heavy (non-hydrogen) atoms. The maximum Gasteiger partial charge on any atom is 0.251 e. The zero-order valence-corrected chi connectivity index (χ0v) is 16.5. The number of hydrogen-bond donors (Lipinski definition) is 3. The molecule has 0 unspecified atom stereocenters. The van der Waals surface area contributed by atoms with Gasteiger partial charge in [-0.25, -0.2) is 0 Å². The van der Waals surface area contributed by atoms with Crippen molar-refractivity contribution in [3.8, 4) is 17.2 Å². The van der Waals surface area contributed by atoms with E-state index >= 15 is 0 Å². The van der Waals surface area contributed by atoms with Crippen LogP contribution in [0, 0.1) is 0 Å². The van der Waals surface area contributed by atoms with Gasteiger partial charge in [-0.15, -0.1) is 10.2 Å². The molecule has 3 rings (SSSR count). The number of rotatable bonds is 10. The summed E-state index contributed by atoms with van der Waals surface area (Å²) in [5, 5.41) is 23.0. The molecule has 0 aliphatic rings. The Hall–Kier alpha value is -3.68. The molecule has 0 bridgehead atoms. The molecular weight excluding hydrogens is 384 g/mol. The van der Waals surface area contributed by atoms with Crippen molar-refractivity contribution >= 4 is 11.8 Å². The lowest BCUT2D eigenvalue weighted by atomic mass is 10.2. The first-order valence-corrected chi connectivity index (χ1v) is 9.83. The Kier molecular flexibility index (Phi) is 7.54. The van der Waals surface area contributed by atoms with Gasteiger partial charge in [0.05, 0.1) is 0 Å². The molecule has 156 valence electrons. The first-order chi connectivity index (χ1) is 14.6. The fourth-order valence-electron chi connectivity index (χ4n) is 2.81. The Morgan fingerprint density at radius 2 is 1.73 bits per heavy atom. The minimum absolute atomic E-state index is 0.0479. The maximum atomic E-state index is 11.9. The van der Waals surface area contributed by atoms with Crippen molar-refractivity contribution in [1.82, 2.24) is 20.8 Å². The zero-order chi connectivity index (χ0) is 21.2. The fourth-order valence-corrected chi connectivity index (χ4v) is 2.81. The van der Waals surface area contributed by atoms with Crippen molar-refractivity contribution in [2.75, 3.05) is 13.1 Å². The highest BCUT2D eigenvalue weighted by Crippen LogP contribution is 2.17. The van der Waals surface area contributed by atoms with Crippen LogP contribution in [0.3, 0.4) is 0 Å². The van der Waals surface area contributed by atoms with Crippen molar-refractivity contribution in [3.63, 3.8) is 0 Å². The van der Waals surface area contributed by atoms with Crippen LogP contribution in [0.5, 0.6) is 5.75 Å². The quantitative estimate of drug-likeness (QED) is 0.444. The topological polar surface area (TPSA) is 117 Å². The minimum atomic E-state index is -0.258. The summed E-state index contributed by atoms with van der Waals surface area (Å²) in [5.74, 6) is 0.717. The van der Waals surface area contributed by atoms with Gasteiger partial charge in [-0.1, -0.05) is 24.3 Å². The van der Waals surface area contributed by atoms with Crippen LogP contribution in [0.2, 0.25) is 0 Å². The summed E-state index contributed by atoms with van der Waals surface area (Å²) in [4.78, 5) is 23.9. The molecule has 0 fully saturated rings. The third-order valence-corrected chi connectivity index (χ3v) is 4.35. The third kappa shape index (κ3) is 6.44. The number of carbonyl (C=O) groups excluding carboxylic acids is 2. The van der Waals surface area contributed by atoms with Crippen molar-refractivity contribution in [3.05, 3.63) is 66.1 Å². The Labute approximate surface area is 174 Å². The fraction of sp³-hybridized carbons (Fsp3) is 0.273. The number of carbonyl (C=O) groups is 2. The van der Waals surface area contributed by atoms with E-state index < -0.39 is 0 Å². The molecule has 8 heteroatoms. The van der Waals surface area contributed by atoms with Gasteiger partial charge in [0.2, 0.25) is 17.7 Å². The number of benzene rings is 2. The normalized spacial score (nSPS) is 10.5. The van der Waals surface area contributed by atoms with Crippen LogP contribution in [0.25, 0.3) is 11.5 Å². The summed E-state index contributed by atoms with van der Waals surface area (Å²) in [7, 11) is 0. The van der Waals surface area contributed by atoms with Gasteiger partial charge in [0.15, 0.2) is 0 Å². The monoisotopic (exact) mass is 408 g/mol. The van der Waals surface area contributed by atoms with E-state index in [0.29, 0.717) is 56.1 Å². The molecule has 0 atom stereocenters. The van der Waals surface area contributed by atoms with Gasteiger partial charge < -0.3 is 20.2 Å². The number of hydrogen-bond acceptors (Lipinski definition) is 6. The van der Waals surface area contributed by atoms with Crippen molar-refractivity contribution in [2.24, 2.45) is 0 Å². The Balaban J connectivity index is 1.27. The van der Waals surface area contributed by atoms with Crippen LogP contribution >= 0.6 is 0 Å². The van der Waals surface area contributed by atoms with E-state index in [2.05, 4.69) is 20.8 Å². The predicted molar refractivity (Wildman–Crippen MR) is 111 cm³/mol. The Bertz CT molecular complexity index is 972. The lowest BCUT2D eigenvalue weighted by Crippen LogP contribution is -2.29. The summed E-state index contributed by atoms with van der Waals surface area (Å²) >= 11 is 0. The van der Waals surface area contributed by atoms with Crippen LogP contribution in [-0.2, 0) is 11.2 Å². The first-order valence-electron chi connectivity index (χ1n) is 9.83. The average molecular weight is 408 g/mol. The van der Waals surface area contributed by atoms with Gasteiger partial charge in [0.1, 0.15) is 5.75 Å². The number of aromatic hydroxyl groups is 1. The van der Waals surface area contributed by atoms with Crippen molar-refractivity contribution in [1.29, 1.82) is 0 Å². The largest absolute Gasteiger partial charge is 0.508 e. The van der Waals surface area contributed by atoms with E-state index in [1.54, 1.807) is 12.1 Å². The minimum Gasteiger partial charge on any atom is -0.508 e. The summed E-state index contributed by atoms with van der Waals surface area (Å²) < 4.78 is 5.62. The predicted octanol–water partition coefficient (Wildman–Crippen LogP) is 2.70. The molecule has 0 radical (unpaired) electrons. The summed E-state index contributed by atoms with van der Waals surface area (Å²) in [6.07, 6.45) is 2.11. The SMILES string of the molecule is O=C(CCCc1nnc(-c2ccccc2)o1)NCCCNC(=O)c1cccc(O)c1. The van der Waals surface area contributed by atoms with E-state index in [0.717, 1.165) is 5.56 Å². The highest BCUT2D eigenvalue weighted by Gasteiger charge is 2.09. The standard InChI is InChI=1S/C22H24N4O4/c27-18-10-4-9-17(15-18)21(29)24-14-6-13-23-19(28)11-5-12-20-25-26-22(30-20)16-7-2-1-3-8-16/h1-4,7-10,15,27H,5-6,11-14H2,(H,23,28)(H,24,29). The second-order valence-electron chi connectivity index (χ2n) is 6.73. The van der Waals surface area contributed by atoms with Crippen LogP contribution in [0.15, 0.2) is 59.0 Å². The average Bonchev–Trinajstić information content (AvgIpc) is 3.23.